The Labute approximate surface area is 163 Å². The van der Waals surface area contributed by atoms with Crippen LogP contribution in [0.5, 0.6) is 0 Å². The van der Waals surface area contributed by atoms with Crippen molar-refractivity contribution in [3.05, 3.63) is 73.1 Å². The number of carbonyl (C=O) groups excluding carboxylic acids is 1. The summed E-state index contributed by atoms with van der Waals surface area (Å²) in [7, 11) is 1.62. The van der Waals surface area contributed by atoms with Crippen molar-refractivity contribution in [2.45, 2.75) is 0 Å². The van der Waals surface area contributed by atoms with E-state index < -0.39 is 4.92 Å². The van der Waals surface area contributed by atoms with E-state index >= 15 is 0 Å². The lowest BCUT2D eigenvalue weighted by Gasteiger charge is -2.07. The topological polar surface area (TPSA) is 75.8 Å². The fourth-order valence-corrected chi connectivity index (χ4v) is 3.49. The molecule has 0 aromatic heterocycles. The van der Waals surface area contributed by atoms with Gasteiger partial charge in [-0.3, -0.25) is 19.8 Å². The van der Waals surface area contributed by atoms with Crippen LogP contribution in [-0.4, -0.2) is 27.9 Å². The van der Waals surface area contributed by atoms with Gasteiger partial charge in [0.05, 0.1) is 15.5 Å². The largest absolute Gasteiger partial charge is 0.290 e. The number of aliphatic imine (C=N–C) groups is 1. The molecule has 0 spiro atoms. The van der Waals surface area contributed by atoms with E-state index in [4.69, 9.17) is 23.2 Å². The second kappa shape index (κ2) is 7.49. The van der Waals surface area contributed by atoms with Crippen LogP contribution in [0.2, 0.25) is 10.0 Å². The highest BCUT2D eigenvalue weighted by atomic mass is 35.5. The van der Waals surface area contributed by atoms with Crippen LogP contribution in [0, 0.1) is 10.1 Å². The Bertz CT molecular complexity index is 958. The average molecular weight is 408 g/mol. The number of hydrogen-bond donors (Lipinski definition) is 0. The van der Waals surface area contributed by atoms with Crippen molar-refractivity contribution in [1.29, 1.82) is 0 Å². The van der Waals surface area contributed by atoms with Gasteiger partial charge in [-0.05, 0) is 53.7 Å². The Morgan fingerprint density at radius 2 is 1.88 bits per heavy atom. The van der Waals surface area contributed by atoms with Crippen LogP contribution in [0.25, 0.3) is 6.08 Å². The molecule has 26 heavy (non-hydrogen) atoms. The lowest BCUT2D eigenvalue weighted by atomic mass is 10.2. The van der Waals surface area contributed by atoms with Crippen LogP contribution < -0.4 is 0 Å². The zero-order valence-corrected chi connectivity index (χ0v) is 15.7. The number of halogens is 2. The molecule has 3 rings (SSSR count). The third-order valence-electron chi connectivity index (χ3n) is 3.52. The zero-order chi connectivity index (χ0) is 18.8. The fourth-order valence-electron chi connectivity index (χ4n) is 2.19. The molecule has 2 aromatic carbocycles. The highest BCUT2D eigenvalue weighted by Gasteiger charge is 2.30. The van der Waals surface area contributed by atoms with Gasteiger partial charge in [0.2, 0.25) is 0 Å². The summed E-state index contributed by atoms with van der Waals surface area (Å²) in [6.45, 7) is 0. The van der Waals surface area contributed by atoms with Crippen molar-refractivity contribution in [2.75, 3.05) is 7.05 Å². The van der Waals surface area contributed by atoms with Crippen LogP contribution in [0.4, 0.5) is 11.4 Å². The van der Waals surface area contributed by atoms with Crippen molar-refractivity contribution < 1.29 is 9.72 Å². The first-order valence-corrected chi connectivity index (χ1v) is 8.88. The summed E-state index contributed by atoms with van der Waals surface area (Å²) in [5, 5.41) is 12.2. The number of nitro benzene ring substituents is 1. The standard InChI is InChI=1S/C17H11Cl2N3O3S/c1-21-16(23)15(9-10-2-7-13(19)14(8-10)22(24)25)26-17(21)20-12-5-3-11(18)4-6-12/h2-9H,1H3/b15-9-,20-17?. The normalized spacial score (nSPS) is 17.3. The van der Waals surface area contributed by atoms with E-state index in [2.05, 4.69) is 4.99 Å². The molecule has 0 N–H and O–H groups in total. The number of carbonyl (C=O) groups is 1. The van der Waals surface area contributed by atoms with E-state index in [0.29, 0.717) is 26.3 Å². The van der Waals surface area contributed by atoms with Gasteiger partial charge < -0.3 is 0 Å². The van der Waals surface area contributed by atoms with Crippen LogP contribution in [-0.2, 0) is 4.79 Å². The van der Waals surface area contributed by atoms with Gasteiger partial charge >= 0.3 is 0 Å². The number of amidine groups is 1. The van der Waals surface area contributed by atoms with Gasteiger partial charge in [-0.15, -0.1) is 0 Å². The second-order valence-corrected chi connectivity index (χ2v) is 7.17. The number of likely N-dealkylation sites (N-methyl/N-ethyl adjacent to an activating group) is 1. The van der Waals surface area contributed by atoms with Gasteiger partial charge in [0.15, 0.2) is 5.17 Å². The molecule has 1 aliphatic rings. The van der Waals surface area contributed by atoms with Crippen LogP contribution >= 0.6 is 35.0 Å². The molecule has 6 nitrogen and oxygen atoms in total. The van der Waals surface area contributed by atoms with Crippen LogP contribution in [0.3, 0.4) is 0 Å². The van der Waals surface area contributed by atoms with Crippen LogP contribution in [0.15, 0.2) is 52.4 Å². The average Bonchev–Trinajstić information content (AvgIpc) is 2.86. The molecule has 2 aromatic rings. The molecular formula is C17H11Cl2N3O3S. The Morgan fingerprint density at radius 1 is 1.19 bits per heavy atom. The van der Waals surface area contributed by atoms with E-state index in [0.717, 1.165) is 0 Å². The molecular weight excluding hydrogens is 397 g/mol. The van der Waals surface area contributed by atoms with Crippen molar-refractivity contribution in [3.8, 4) is 0 Å². The number of hydrogen-bond acceptors (Lipinski definition) is 5. The second-order valence-electron chi connectivity index (χ2n) is 5.31. The first kappa shape index (κ1) is 18.4. The fraction of sp³-hybridized carbons (Fsp3) is 0.0588. The Morgan fingerprint density at radius 3 is 2.54 bits per heavy atom. The maximum Gasteiger partial charge on any atom is 0.288 e. The number of thioether (sulfide) groups is 1. The molecule has 1 heterocycles. The molecule has 132 valence electrons. The quantitative estimate of drug-likeness (QED) is 0.401. The van der Waals surface area contributed by atoms with Gasteiger partial charge in [0.1, 0.15) is 5.02 Å². The number of rotatable bonds is 3. The van der Waals surface area contributed by atoms with E-state index in [-0.39, 0.29) is 16.6 Å². The van der Waals surface area contributed by atoms with Crippen molar-refractivity contribution in [2.24, 2.45) is 4.99 Å². The summed E-state index contributed by atoms with van der Waals surface area (Å²) in [4.78, 5) is 29.1. The maximum absolute atomic E-state index is 12.4. The summed E-state index contributed by atoms with van der Waals surface area (Å²) in [6, 6.07) is 11.3. The number of amides is 1. The molecule has 1 fully saturated rings. The molecule has 0 unspecified atom stereocenters. The molecule has 0 atom stereocenters. The van der Waals surface area contributed by atoms with Gasteiger partial charge in [0.25, 0.3) is 11.6 Å². The highest BCUT2D eigenvalue weighted by Crippen LogP contribution is 2.34. The van der Waals surface area contributed by atoms with E-state index in [1.165, 1.54) is 28.8 Å². The summed E-state index contributed by atoms with van der Waals surface area (Å²) in [5.41, 5.74) is 0.970. The number of benzene rings is 2. The SMILES string of the molecule is CN1C(=O)/C(=C/c2ccc(Cl)c([N+](=O)[O-])c2)SC1=Nc1ccc(Cl)cc1. The Balaban J connectivity index is 1.91. The van der Waals surface area contributed by atoms with Gasteiger partial charge in [-0.1, -0.05) is 29.3 Å². The molecule has 1 amide bonds. The first-order valence-electron chi connectivity index (χ1n) is 7.31. The smallest absolute Gasteiger partial charge is 0.288 e. The minimum absolute atomic E-state index is 0.0460. The lowest BCUT2D eigenvalue weighted by molar-refractivity contribution is -0.384. The molecule has 1 aliphatic heterocycles. The van der Waals surface area contributed by atoms with E-state index in [9.17, 15) is 14.9 Å². The predicted molar refractivity (Wildman–Crippen MR) is 105 cm³/mol. The summed E-state index contributed by atoms with van der Waals surface area (Å²) >= 11 is 12.9. The molecule has 1 saturated heterocycles. The minimum atomic E-state index is -0.562. The molecule has 9 heteroatoms. The van der Waals surface area contributed by atoms with Crippen molar-refractivity contribution >= 4 is 63.5 Å². The van der Waals surface area contributed by atoms with Crippen LogP contribution in [0.1, 0.15) is 5.56 Å². The third kappa shape index (κ3) is 3.90. The maximum atomic E-state index is 12.4. The highest BCUT2D eigenvalue weighted by molar-refractivity contribution is 8.18. The van der Waals surface area contributed by atoms with Gasteiger partial charge in [0, 0.05) is 18.1 Å². The minimum Gasteiger partial charge on any atom is -0.290 e. The monoisotopic (exact) mass is 407 g/mol. The zero-order valence-electron chi connectivity index (χ0n) is 13.3. The van der Waals surface area contributed by atoms with E-state index in [1.54, 1.807) is 43.5 Å². The lowest BCUT2D eigenvalue weighted by Crippen LogP contribution is -2.23. The number of nitrogens with zero attached hydrogens (tertiary/aromatic N) is 3. The summed E-state index contributed by atoms with van der Waals surface area (Å²) in [6.07, 6.45) is 1.58. The Hall–Kier alpha value is -2.35. The summed E-state index contributed by atoms with van der Waals surface area (Å²) < 4.78 is 0. The van der Waals surface area contributed by atoms with Crippen molar-refractivity contribution in [1.82, 2.24) is 4.90 Å². The predicted octanol–water partition coefficient (Wildman–Crippen LogP) is 5.14. The molecule has 0 saturated carbocycles. The Kier molecular flexibility index (Phi) is 5.31. The van der Waals surface area contributed by atoms with E-state index in [1.807, 2.05) is 0 Å². The molecule has 0 bridgehead atoms. The van der Waals surface area contributed by atoms with Gasteiger partial charge in [-0.2, -0.15) is 0 Å². The molecule has 0 radical (unpaired) electrons. The van der Waals surface area contributed by atoms with Crippen molar-refractivity contribution in [3.63, 3.8) is 0 Å². The van der Waals surface area contributed by atoms with Gasteiger partial charge in [-0.25, -0.2) is 4.99 Å². The number of nitro groups is 1. The summed E-state index contributed by atoms with van der Waals surface area (Å²) in [5.74, 6) is -0.236. The molecule has 0 aliphatic carbocycles. The third-order valence-corrected chi connectivity index (χ3v) is 5.15. The first-order chi connectivity index (χ1) is 12.3.